The van der Waals surface area contributed by atoms with Crippen LogP contribution in [0.15, 0.2) is 54.7 Å². The topological polar surface area (TPSA) is 85.4 Å². The highest BCUT2D eigenvalue weighted by Gasteiger charge is 2.12. The van der Waals surface area contributed by atoms with Crippen LogP contribution in [-0.4, -0.2) is 30.0 Å². The van der Waals surface area contributed by atoms with Crippen molar-refractivity contribution in [1.29, 1.82) is 0 Å². The Labute approximate surface area is 181 Å². The van der Waals surface area contributed by atoms with Crippen LogP contribution in [0.2, 0.25) is 0 Å². The van der Waals surface area contributed by atoms with Crippen molar-refractivity contribution in [2.45, 2.75) is 6.54 Å². The van der Waals surface area contributed by atoms with Gasteiger partial charge in [0.05, 0.1) is 17.3 Å². The van der Waals surface area contributed by atoms with Gasteiger partial charge in [0.2, 0.25) is 0 Å². The third-order valence-electron chi connectivity index (χ3n) is 4.50. The lowest BCUT2D eigenvalue weighted by atomic mass is 10.2. The highest BCUT2D eigenvalue weighted by Crippen LogP contribution is 2.32. The molecule has 0 aliphatic rings. The third-order valence-corrected chi connectivity index (χ3v) is 5.47. The average Bonchev–Trinajstić information content (AvgIpc) is 3.19. The normalized spacial score (nSPS) is 10.7. The summed E-state index contributed by atoms with van der Waals surface area (Å²) in [6, 6.07) is 13.5. The Bertz CT molecular complexity index is 1240. The smallest absolute Gasteiger partial charge is 0.269 e. The molecule has 2 heterocycles. The number of anilines is 1. The summed E-state index contributed by atoms with van der Waals surface area (Å²) in [7, 11) is 3.06. The summed E-state index contributed by atoms with van der Waals surface area (Å²) in [4.78, 5) is 20.3. The standard InChI is InChI=1S/C22H19FN4O3S/c1-24-21(28)18-10-14(8-9-25-18)30-13-6-7-17-20(11-13)31-22(27-17)26-12-15-16(23)4-3-5-19(15)29-2/h3-11H,12H2,1-2H3,(H,24,28)(H,26,27). The first-order chi connectivity index (χ1) is 15.1. The van der Waals surface area contributed by atoms with Crippen molar-refractivity contribution >= 4 is 32.6 Å². The van der Waals surface area contributed by atoms with Gasteiger partial charge in [-0.3, -0.25) is 9.78 Å². The number of hydrogen-bond donors (Lipinski definition) is 2. The van der Waals surface area contributed by atoms with Gasteiger partial charge in [0.1, 0.15) is 28.8 Å². The first-order valence-corrected chi connectivity index (χ1v) is 10.2. The van der Waals surface area contributed by atoms with Gasteiger partial charge in [0.15, 0.2) is 5.13 Å². The van der Waals surface area contributed by atoms with Gasteiger partial charge in [-0.2, -0.15) is 0 Å². The van der Waals surface area contributed by atoms with Crippen molar-refractivity contribution in [3.05, 3.63) is 71.8 Å². The monoisotopic (exact) mass is 438 g/mol. The zero-order valence-corrected chi connectivity index (χ0v) is 17.6. The van der Waals surface area contributed by atoms with E-state index in [0.29, 0.717) is 27.9 Å². The second-order valence-electron chi connectivity index (χ2n) is 6.48. The van der Waals surface area contributed by atoms with Crippen LogP contribution >= 0.6 is 11.3 Å². The first kappa shape index (κ1) is 20.5. The number of thiazole rings is 1. The number of benzene rings is 2. The Hall–Kier alpha value is -3.72. The summed E-state index contributed by atoms with van der Waals surface area (Å²) < 4.78 is 26.1. The zero-order chi connectivity index (χ0) is 21.8. The number of fused-ring (bicyclic) bond motifs is 1. The van der Waals surface area contributed by atoms with Gasteiger partial charge in [0, 0.05) is 37.5 Å². The lowest BCUT2D eigenvalue weighted by molar-refractivity contribution is 0.0958. The molecule has 0 aliphatic heterocycles. The van der Waals surface area contributed by atoms with Crippen LogP contribution < -0.4 is 20.1 Å². The summed E-state index contributed by atoms with van der Waals surface area (Å²) in [5, 5.41) is 6.34. The van der Waals surface area contributed by atoms with E-state index in [1.54, 1.807) is 37.4 Å². The molecule has 0 atom stereocenters. The first-order valence-electron chi connectivity index (χ1n) is 9.39. The zero-order valence-electron chi connectivity index (χ0n) is 16.8. The number of nitrogens with one attached hydrogen (secondary N) is 2. The second kappa shape index (κ2) is 8.97. The maximum atomic E-state index is 14.1. The lowest BCUT2D eigenvalue weighted by Crippen LogP contribution is -2.18. The van der Waals surface area contributed by atoms with Gasteiger partial charge in [0.25, 0.3) is 5.91 Å². The molecule has 158 valence electrons. The highest BCUT2D eigenvalue weighted by atomic mass is 32.1. The number of pyridine rings is 1. The number of halogens is 1. The fourth-order valence-corrected chi connectivity index (χ4v) is 3.86. The Morgan fingerprint density at radius 1 is 1.16 bits per heavy atom. The van der Waals surface area contributed by atoms with Crippen LogP contribution in [0.1, 0.15) is 16.1 Å². The highest BCUT2D eigenvalue weighted by molar-refractivity contribution is 7.22. The van der Waals surface area contributed by atoms with Crippen LogP contribution in [0.25, 0.3) is 10.2 Å². The molecule has 2 N–H and O–H groups in total. The molecular formula is C22H19FN4O3S. The maximum absolute atomic E-state index is 14.1. The molecule has 2 aromatic heterocycles. The van der Waals surface area contributed by atoms with Crippen LogP contribution in [0.4, 0.5) is 9.52 Å². The number of rotatable bonds is 7. The number of aromatic nitrogens is 2. The predicted molar refractivity (Wildman–Crippen MR) is 118 cm³/mol. The van der Waals surface area contributed by atoms with Gasteiger partial charge in [-0.25, -0.2) is 9.37 Å². The van der Waals surface area contributed by atoms with Gasteiger partial charge in [-0.1, -0.05) is 17.4 Å². The Morgan fingerprint density at radius 3 is 2.81 bits per heavy atom. The van der Waals surface area contributed by atoms with Gasteiger partial charge < -0.3 is 20.1 Å². The van der Waals surface area contributed by atoms with E-state index in [0.717, 1.165) is 10.2 Å². The largest absolute Gasteiger partial charge is 0.496 e. The molecule has 2 aromatic carbocycles. The maximum Gasteiger partial charge on any atom is 0.269 e. The predicted octanol–water partition coefficient (Wildman–Crippen LogP) is 4.60. The van der Waals surface area contributed by atoms with E-state index in [9.17, 15) is 9.18 Å². The summed E-state index contributed by atoms with van der Waals surface area (Å²) in [5.41, 5.74) is 1.51. The molecular weight excluding hydrogens is 419 g/mol. The van der Waals surface area contributed by atoms with E-state index in [1.807, 2.05) is 12.1 Å². The molecule has 0 saturated heterocycles. The Kier molecular flexibility index (Phi) is 5.94. The van der Waals surface area contributed by atoms with Gasteiger partial charge >= 0.3 is 0 Å². The van der Waals surface area contributed by atoms with E-state index >= 15 is 0 Å². The summed E-state index contributed by atoms with van der Waals surface area (Å²) in [6.45, 7) is 0.248. The minimum Gasteiger partial charge on any atom is -0.496 e. The van der Waals surface area contributed by atoms with Crippen molar-refractivity contribution < 1.29 is 18.7 Å². The van der Waals surface area contributed by atoms with E-state index in [-0.39, 0.29) is 24.0 Å². The molecule has 4 aromatic rings. The number of carbonyl (C=O) groups excluding carboxylic acids is 1. The van der Waals surface area contributed by atoms with E-state index < -0.39 is 0 Å². The molecule has 9 heteroatoms. The number of methoxy groups -OCH3 is 1. The van der Waals surface area contributed by atoms with Crippen molar-refractivity contribution in [2.75, 3.05) is 19.5 Å². The fraction of sp³-hybridized carbons (Fsp3) is 0.136. The molecule has 0 bridgehead atoms. The average molecular weight is 438 g/mol. The minimum atomic E-state index is -0.336. The minimum absolute atomic E-state index is 0.248. The second-order valence-corrected chi connectivity index (χ2v) is 7.51. The lowest BCUT2D eigenvalue weighted by Gasteiger charge is -2.09. The number of amides is 1. The number of hydrogen-bond acceptors (Lipinski definition) is 7. The van der Waals surface area contributed by atoms with Crippen molar-refractivity contribution in [1.82, 2.24) is 15.3 Å². The molecule has 1 amide bonds. The molecule has 7 nitrogen and oxygen atoms in total. The number of carbonyl (C=O) groups is 1. The number of ether oxygens (including phenoxy) is 2. The van der Waals surface area contributed by atoms with Crippen LogP contribution in [0, 0.1) is 5.82 Å². The Balaban J connectivity index is 1.51. The Morgan fingerprint density at radius 2 is 2.00 bits per heavy atom. The molecule has 0 aliphatic carbocycles. The van der Waals surface area contributed by atoms with Crippen LogP contribution in [-0.2, 0) is 6.54 Å². The van der Waals surface area contributed by atoms with Crippen molar-refractivity contribution in [3.63, 3.8) is 0 Å². The summed E-state index contributed by atoms with van der Waals surface area (Å²) in [5.74, 6) is 0.968. The molecule has 4 rings (SSSR count). The fourth-order valence-electron chi connectivity index (χ4n) is 2.97. The third kappa shape index (κ3) is 4.56. The van der Waals surface area contributed by atoms with Gasteiger partial charge in [-0.15, -0.1) is 0 Å². The molecule has 0 fully saturated rings. The van der Waals surface area contributed by atoms with E-state index in [4.69, 9.17) is 9.47 Å². The molecule has 31 heavy (non-hydrogen) atoms. The summed E-state index contributed by atoms with van der Waals surface area (Å²) in [6.07, 6.45) is 1.52. The van der Waals surface area contributed by atoms with Gasteiger partial charge in [-0.05, 0) is 30.3 Å². The van der Waals surface area contributed by atoms with Crippen LogP contribution in [0.3, 0.4) is 0 Å². The molecule has 0 saturated carbocycles. The van der Waals surface area contributed by atoms with E-state index in [2.05, 4.69) is 20.6 Å². The number of nitrogens with zero attached hydrogens (tertiary/aromatic N) is 2. The van der Waals surface area contributed by atoms with E-state index in [1.165, 1.54) is 30.7 Å². The van der Waals surface area contributed by atoms with Crippen LogP contribution in [0.5, 0.6) is 17.2 Å². The quantitative estimate of drug-likeness (QED) is 0.439. The molecule has 0 unspecified atom stereocenters. The SMILES string of the molecule is CNC(=O)c1cc(Oc2ccc3nc(NCc4c(F)cccc4OC)sc3c2)ccn1. The summed E-state index contributed by atoms with van der Waals surface area (Å²) >= 11 is 1.43. The molecule has 0 radical (unpaired) electrons. The van der Waals surface area contributed by atoms with Crippen molar-refractivity contribution in [3.8, 4) is 17.2 Å². The van der Waals surface area contributed by atoms with Crippen molar-refractivity contribution in [2.24, 2.45) is 0 Å². The molecule has 0 spiro atoms.